The second kappa shape index (κ2) is 6.09. The van der Waals surface area contributed by atoms with Crippen molar-refractivity contribution in [1.82, 2.24) is 4.98 Å². The number of thiazole rings is 1. The summed E-state index contributed by atoms with van der Waals surface area (Å²) in [5.74, 6) is -1.13. The van der Waals surface area contributed by atoms with Crippen LogP contribution in [0.2, 0.25) is 0 Å². The van der Waals surface area contributed by atoms with Crippen LogP contribution >= 0.6 is 11.3 Å². The highest BCUT2D eigenvalue weighted by atomic mass is 32.1. The van der Waals surface area contributed by atoms with Crippen molar-refractivity contribution in [3.05, 3.63) is 10.6 Å². The van der Waals surface area contributed by atoms with E-state index in [0.717, 1.165) is 24.2 Å². The molecular weight excluding hydrogens is 320 g/mol. The Morgan fingerprint density at radius 1 is 1.39 bits per heavy atom. The molecule has 0 radical (unpaired) electrons. The van der Waals surface area contributed by atoms with Crippen molar-refractivity contribution in [2.45, 2.75) is 45.6 Å². The number of amides is 1. The fraction of sp³-hybridized carbons (Fsp3) is 0.667. The van der Waals surface area contributed by atoms with Gasteiger partial charge in [-0.2, -0.15) is 0 Å². The molecule has 1 fully saturated rings. The zero-order valence-electron chi connectivity index (χ0n) is 13.8. The van der Waals surface area contributed by atoms with Crippen LogP contribution in [0.4, 0.5) is 9.93 Å². The predicted octanol–water partition coefficient (Wildman–Crippen LogP) is 2.53. The maximum Gasteiger partial charge on any atom is 0.416 e. The Morgan fingerprint density at radius 3 is 2.43 bits per heavy atom. The molecule has 0 aliphatic heterocycles. The zero-order valence-corrected chi connectivity index (χ0v) is 14.6. The smallest absolute Gasteiger partial charge is 0.416 e. The highest BCUT2D eigenvalue weighted by Crippen LogP contribution is 2.49. The average molecular weight is 342 g/mol. The summed E-state index contributed by atoms with van der Waals surface area (Å²) in [7, 11) is 1.50. The number of rotatable bonds is 5. The molecular formula is C15H22N2O5S. The van der Waals surface area contributed by atoms with E-state index in [0.29, 0.717) is 11.3 Å². The Bertz CT molecular complexity index is 616. The first-order valence-corrected chi connectivity index (χ1v) is 8.19. The van der Waals surface area contributed by atoms with Crippen molar-refractivity contribution in [3.63, 3.8) is 0 Å². The molecule has 1 amide bonds. The van der Waals surface area contributed by atoms with Crippen molar-refractivity contribution >= 4 is 28.5 Å². The number of aromatic nitrogens is 1. The molecule has 1 aliphatic rings. The van der Waals surface area contributed by atoms with E-state index in [9.17, 15) is 19.8 Å². The van der Waals surface area contributed by atoms with Crippen LogP contribution in [0.15, 0.2) is 0 Å². The quantitative estimate of drug-likeness (QED) is 0.853. The minimum Gasteiger partial charge on any atom is -0.476 e. The molecule has 0 spiro atoms. The molecule has 7 nitrogen and oxygen atoms in total. The van der Waals surface area contributed by atoms with Gasteiger partial charge in [0.15, 0.2) is 10.8 Å². The van der Waals surface area contributed by atoms with Crippen LogP contribution < -0.4 is 4.90 Å². The zero-order chi connectivity index (χ0) is 17.4. The van der Waals surface area contributed by atoms with Gasteiger partial charge >= 0.3 is 12.1 Å². The van der Waals surface area contributed by atoms with Gasteiger partial charge in [-0.05, 0) is 45.4 Å². The standard InChI is InChI=1S/C15H22N2O5S/c1-14(2,3)22-13(21)17(4)12-16-10(11(19)20)9(23-12)7-15(8-18)5-6-15/h18H,5-8H2,1-4H3,(H,19,20). The van der Waals surface area contributed by atoms with E-state index in [1.807, 2.05) is 0 Å². The van der Waals surface area contributed by atoms with E-state index in [1.54, 1.807) is 20.8 Å². The van der Waals surface area contributed by atoms with Crippen molar-refractivity contribution < 1.29 is 24.5 Å². The van der Waals surface area contributed by atoms with Crippen LogP contribution in [0.3, 0.4) is 0 Å². The van der Waals surface area contributed by atoms with Gasteiger partial charge < -0.3 is 14.9 Å². The lowest BCUT2D eigenvalue weighted by Crippen LogP contribution is -2.34. The van der Waals surface area contributed by atoms with Gasteiger partial charge in [0.05, 0.1) is 0 Å². The fourth-order valence-electron chi connectivity index (χ4n) is 2.09. The molecule has 1 heterocycles. The van der Waals surface area contributed by atoms with E-state index in [4.69, 9.17) is 4.74 Å². The van der Waals surface area contributed by atoms with Gasteiger partial charge in [0.25, 0.3) is 0 Å². The number of aliphatic hydroxyl groups excluding tert-OH is 1. The molecule has 23 heavy (non-hydrogen) atoms. The van der Waals surface area contributed by atoms with Crippen molar-refractivity contribution in [2.75, 3.05) is 18.6 Å². The minimum atomic E-state index is -1.13. The maximum atomic E-state index is 12.1. The molecule has 0 unspecified atom stereocenters. The number of ether oxygens (including phenoxy) is 1. The number of hydrogen-bond donors (Lipinski definition) is 2. The Morgan fingerprint density at radius 2 is 2.00 bits per heavy atom. The summed E-state index contributed by atoms with van der Waals surface area (Å²) in [6, 6.07) is 0. The fourth-order valence-corrected chi connectivity index (χ4v) is 3.26. The Hall–Kier alpha value is -1.67. The van der Waals surface area contributed by atoms with E-state index >= 15 is 0 Å². The number of carbonyl (C=O) groups is 2. The van der Waals surface area contributed by atoms with Gasteiger partial charge in [0.1, 0.15) is 5.60 Å². The Kier molecular flexibility index (Phi) is 4.68. The Labute approximate surface area is 138 Å². The van der Waals surface area contributed by atoms with Crippen LogP contribution in [0, 0.1) is 5.41 Å². The van der Waals surface area contributed by atoms with Gasteiger partial charge in [-0.25, -0.2) is 14.6 Å². The monoisotopic (exact) mass is 342 g/mol. The summed E-state index contributed by atoms with van der Waals surface area (Å²) in [5, 5.41) is 19.0. The van der Waals surface area contributed by atoms with Gasteiger partial charge in [-0.3, -0.25) is 4.90 Å². The molecule has 1 aromatic heterocycles. The van der Waals surface area contributed by atoms with Crippen molar-refractivity contribution in [1.29, 1.82) is 0 Å². The largest absolute Gasteiger partial charge is 0.476 e. The number of anilines is 1. The first-order valence-electron chi connectivity index (χ1n) is 7.37. The minimum absolute atomic E-state index is 0.0290. The molecule has 8 heteroatoms. The van der Waals surface area contributed by atoms with Crippen LogP contribution in [0.25, 0.3) is 0 Å². The third-order valence-electron chi connectivity index (χ3n) is 3.67. The summed E-state index contributed by atoms with van der Waals surface area (Å²) in [5.41, 5.74) is -0.922. The number of carboxylic acid groups (broad SMARTS) is 1. The maximum absolute atomic E-state index is 12.1. The third kappa shape index (κ3) is 4.20. The van der Waals surface area contributed by atoms with E-state index < -0.39 is 17.7 Å². The number of aromatic carboxylic acids is 1. The average Bonchev–Trinajstić information content (AvgIpc) is 3.07. The van der Waals surface area contributed by atoms with Crippen LogP contribution in [-0.4, -0.2) is 46.5 Å². The molecule has 0 atom stereocenters. The van der Waals surface area contributed by atoms with Crippen molar-refractivity contribution in [2.24, 2.45) is 5.41 Å². The van der Waals surface area contributed by atoms with E-state index in [2.05, 4.69) is 4.98 Å². The Balaban J connectivity index is 2.23. The van der Waals surface area contributed by atoms with E-state index in [-0.39, 0.29) is 22.8 Å². The van der Waals surface area contributed by atoms with Gasteiger partial charge in [0, 0.05) is 18.5 Å². The first-order chi connectivity index (χ1) is 10.6. The van der Waals surface area contributed by atoms with E-state index in [1.165, 1.54) is 11.9 Å². The molecule has 1 saturated carbocycles. The summed E-state index contributed by atoms with van der Waals surface area (Å²) in [4.78, 5) is 29.3. The molecule has 2 N–H and O–H groups in total. The van der Waals surface area contributed by atoms with Gasteiger partial charge in [-0.15, -0.1) is 11.3 Å². The number of aliphatic hydroxyl groups is 1. The lowest BCUT2D eigenvalue weighted by Gasteiger charge is -2.23. The molecule has 1 aromatic rings. The second-order valence-electron chi connectivity index (χ2n) is 6.95. The predicted molar refractivity (Wildman–Crippen MR) is 86.2 cm³/mol. The lowest BCUT2D eigenvalue weighted by atomic mass is 10.0. The topological polar surface area (TPSA) is 100.0 Å². The third-order valence-corrected chi connectivity index (χ3v) is 4.80. The summed E-state index contributed by atoms with van der Waals surface area (Å²) < 4.78 is 5.26. The SMILES string of the molecule is CN(C(=O)OC(C)(C)C)c1nc(C(=O)O)c(CC2(CO)CC2)s1. The summed E-state index contributed by atoms with van der Waals surface area (Å²) >= 11 is 1.15. The number of carbonyl (C=O) groups excluding carboxylic acids is 1. The highest BCUT2D eigenvalue weighted by molar-refractivity contribution is 7.16. The normalized spacial score (nSPS) is 16.0. The van der Waals surface area contributed by atoms with Crippen LogP contribution in [0.5, 0.6) is 0 Å². The number of hydrogen-bond acceptors (Lipinski definition) is 6. The van der Waals surface area contributed by atoms with Gasteiger partial charge in [0.2, 0.25) is 0 Å². The molecule has 0 saturated heterocycles. The lowest BCUT2D eigenvalue weighted by molar-refractivity contribution is 0.0586. The van der Waals surface area contributed by atoms with Crippen LogP contribution in [-0.2, 0) is 11.2 Å². The number of nitrogens with zero attached hydrogens (tertiary/aromatic N) is 2. The number of carboxylic acids is 1. The summed E-state index contributed by atoms with van der Waals surface area (Å²) in [6.45, 7) is 5.30. The first kappa shape index (κ1) is 17.7. The molecule has 0 bridgehead atoms. The molecule has 0 aromatic carbocycles. The van der Waals surface area contributed by atoms with Gasteiger partial charge in [-0.1, -0.05) is 0 Å². The molecule has 2 rings (SSSR count). The van der Waals surface area contributed by atoms with Crippen molar-refractivity contribution in [3.8, 4) is 0 Å². The second-order valence-corrected chi connectivity index (χ2v) is 8.01. The molecule has 128 valence electrons. The summed E-state index contributed by atoms with van der Waals surface area (Å²) in [6.07, 6.45) is 1.62. The van der Waals surface area contributed by atoms with Crippen LogP contribution in [0.1, 0.15) is 49.0 Å². The highest BCUT2D eigenvalue weighted by Gasteiger charge is 2.43. The molecule has 1 aliphatic carbocycles.